The Kier molecular flexibility index (Phi) is 26.3. The number of carbonyl (C=O) groups is 4. The van der Waals surface area contributed by atoms with Crippen LogP contribution in [0.1, 0.15) is 218 Å². The SMILES string of the molecule is CCC.CCOC(=O)c1cnc2c(C)c(C(C)C)c(C)c(C)c2c1.CCOC(=O)c1cnc2c(C)c(F)c(C)c(C)c2c1.CN.CNC(=O)c1cnc2c(C)c(C(C)C)c(C)c(C)c2c1.Cc1c(C(C)C)c(C)c2ncc(C(=O)O)cc2c1C. The summed E-state index contributed by atoms with van der Waals surface area (Å²) in [6, 6.07) is 7.29. The van der Waals surface area contributed by atoms with Crippen LogP contribution in [0.4, 0.5) is 4.39 Å². The summed E-state index contributed by atoms with van der Waals surface area (Å²) in [5.41, 5.74) is 26.7. The number of pyridine rings is 4. The molecule has 13 nitrogen and oxygen atoms in total. The average Bonchev–Trinajstić information content (AvgIpc) is 1.24. The van der Waals surface area contributed by atoms with Crippen molar-refractivity contribution in [2.75, 3.05) is 27.3 Å². The van der Waals surface area contributed by atoms with Crippen LogP contribution in [-0.2, 0) is 9.47 Å². The molecule has 0 saturated heterocycles. The van der Waals surface area contributed by atoms with E-state index in [1.807, 2.05) is 26.0 Å². The van der Waals surface area contributed by atoms with Crippen molar-refractivity contribution in [2.45, 2.75) is 176 Å². The van der Waals surface area contributed by atoms with Gasteiger partial charge in [-0.05, 0) is 224 Å². The van der Waals surface area contributed by atoms with E-state index in [2.05, 4.69) is 142 Å². The van der Waals surface area contributed by atoms with Gasteiger partial charge >= 0.3 is 17.9 Å². The third kappa shape index (κ3) is 15.5. The predicted octanol–water partition coefficient (Wildman–Crippen LogP) is 16.6. The van der Waals surface area contributed by atoms with Gasteiger partial charge in [0.05, 0.1) is 57.5 Å². The highest BCUT2D eigenvalue weighted by atomic mass is 19.1. The quantitative estimate of drug-likeness (QED) is 0.116. The second kappa shape index (κ2) is 31.3. The zero-order chi connectivity index (χ0) is 63.9. The number of aromatic nitrogens is 4. The van der Waals surface area contributed by atoms with Gasteiger partial charge in [0.25, 0.3) is 5.91 Å². The maximum absolute atomic E-state index is 14.0. The minimum Gasteiger partial charge on any atom is -0.478 e. The maximum Gasteiger partial charge on any atom is 0.339 e. The minimum atomic E-state index is -0.933. The summed E-state index contributed by atoms with van der Waals surface area (Å²) in [6.07, 6.45) is 7.40. The minimum absolute atomic E-state index is 0.0953. The molecule has 8 aromatic rings. The molecular weight excluding hydrogens is 1060 g/mol. The summed E-state index contributed by atoms with van der Waals surface area (Å²) >= 11 is 0. The van der Waals surface area contributed by atoms with Crippen molar-refractivity contribution >= 4 is 67.4 Å². The molecule has 84 heavy (non-hydrogen) atoms. The van der Waals surface area contributed by atoms with Crippen LogP contribution in [0.2, 0.25) is 0 Å². The van der Waals surface area contributed by atoms with Crippen molar-refractivity contribution < 1.29 is 38.1 Å². The van der Waals surface area contributed by atoms with Gasteiger partial charge in [0.2, 0.25) is 0 Å². The second-order valence-corrected chi connectivity index (χ2v) is 22.0. The van der Waals surface area contributed by atoms with E-state index in [4.69, 9.17) is 14.6 Å². The Labute approximate surface area is 498 Å². The number of nitrogens with two attached hydrogens (primary N) is 1. The van der Waals surface area contributed by atoms with E-state index < -0.39 is 11.9 Å². The number of esters is 2. The maximum atomic E-state index is 14.0. The standard InChI is InChI=1S/C18H23NO2.C17H22N2O.C16H19NO2.C15H16FNO2.C3H8.CH5N/c1-7-21-18(20)14-8-15-11(4)12(5)16(10(2)3)13(6)17(15)19-9-14;1-9(2)15-11(4)10(3)14-7-13(17(20)18-6)8-19-16(14)12(15)5;1-8(2)14-10(4)9(3)13-6-12(16(18)19)7-17-15(13)11(14)5;1-5-19-15(18)11-6-12-8(2)9(3)13(16)10(4)14(12)17-7-11;1-3-2;1-2/h8-10H,7H2,1-6H3;7-9H,1-6H3,(H,18,20);6-8H,1-5H3,(H,18,19);6-7H,5H2,1-4H3;3H2,1-2H3;2H2,1H3. The Morgan fingerprint density at radius 3 is 1.00 bits per heavy atom. The van der Waals surface area contributed by atoms with Crippen LogP contribution in [0.15, 0.2) is 49.1 Å². The van der Waals surface area contributed by atoms with Crippen LogP contribution in [0.5, 0.6) is 0 Å². The molecule has 0 atom stereocenters. The monoisotopic (exact) mass is 1150 g/mol. The van der Waals surface area contributed by atoms with E-state index in [1.54, 1.807) is 59.3 Å². The van der Waals surface area contributed by atoms with Crippen LogP contribution < -0.4 is 11.1 Å². The number of carboxylic acid groups (broad SMARTS) is 1. The molecule has 0 radical (unpaired) electrons. The molecule has 0 spiro atoms. The number of nitrogens with zero attached hydrogens (tertiary/aromatic N) is 4. The molecule has 8 rings (SSSR count). The van der Waals surface area contributed by atoms with Crippen molar-refractivity contribution in [1.82, 2.24) is 25.3 Å². The highest BCUT2D eigenvalue weighted by Crippen LogP contribution is 2.36. The number of hydrogen-bond donors (Lipinski definition) is 3. The van der Waals surface area contributed by atoms with E-state index in [9.17, 15) is 23.6 Å². The first-order valence-corrected chi connectivity index (χ1v) is 29.1. The smallest absolute Gasteiger partial charge is 0.339 e. The van der Waals surface area contributed by atoms with Gasteiger partial charge in [-0.15, -0.1) is 0 Å². The van der Waals surface area contributed by atoms with Crippen LogP contribution in [-0.4, -0.2) is 76.2 Å². The molecule has 0 fully saturated rings. The zero-order valence-corrected chi connectivity index (χ0v) is 54.6. The Morgan fingerprint density at radius 2 is 0.714 bits per heavy atom. The van der Waals surface area contributed by atoms with E-state index in [0.29, 0.717) is 64.3 Å². The van der Waals surface area contributed by atoms with Gasteiger partial charge < -0.3 is 25.6 Å². The van der Waals surface area contributed by atoms with Crippen molar-refractivity contribution in [2.24, 2.45) is 5.73 Å². The summed E-state index contributed by atoms with van der Waals surface area (Å²) in [5.74, 6) is -0.617. The first-order valence-electron chi connectivity index (χ1n) is 29.1. The third-order valence-electron chi connectivity index (χ3n) is 15.4. The van der Waals surface area contributed by atoms with E-state index in [0.717, 1.165) is 54.8 Å². The topological polar surface area (TPSA) is 197 Å². The Bertz CT molecular complexity index is 3710. The fourth-order valence-electron chi connectivity index (χ4n) is 11.0. The molecule has 0 unspecified atom stereocenters. The largest absolute Gasteiger partial charge is 0.478 e. The van der Waals surface area contributed by atoms with E-state index in [-0.39, 0.29) is 23.3 Å². The van der Waals surface area contributed by atoms with Crippen molar-refractivity contribution in [3.05, 3.63) is 161 Å². The van der Waals surface area contributed by atoms with Gasteiger partial charge in [-0.1, -0.05) is 61.8 Å². The lowest BCUT2D eigenvalue weighted by Crippen LogP contribution is -2.18. The Morgan fingerprint density at radius 1 is 0.452 bits per heavy atom. The highest BCUT2D eigenvalue weighted by molar-refractivity contribution is 6.00. The number of aryl methyl sites for hydroxylation is 8. The van der Waals surface area contributed by atoms with Crippen molar-refractivity contribution in [3.8, 4) is 0 Å². The molecule has 14 heteroatoms. The molecule has 452 valence electrons. The number of ether oxygens (including phenoxy) is 2. The summed E-state index contributed by atoms with van der Waals surface area (Å²) in [6.45, 7) is 45.9. The number of halogens is 1. The number of rotatable bonds is 9. The zero-order valence-electron chi connectivity index (χ0n) is 54.6. The first-order chi connectivity index (χ1) is 39.5. The summed E-state index contributed by atoms with van der Waals surface area (Å²) < 4.78 is 24.0. The van der Waals surface area contributed by atoms with Crippen molar-refractivity contribution in [1.29, 1.82) is 0 Å². The normalized spacial score (nSPS) is 10.7. The summed E-state index contributed by atoms with van der Waals surface area (Å²) in [7, 11) is 3.14. The van der Waals surface area contributed by atoms with Gasteiger partial charge in [0, 0.05) is 58.9 Å². The number of aromatic carboxylic acids is 1. The van der Waals surface area contributed by atoms with Gasteiger partial charge in [-0.2, -0.15) is 0 Å². The molecule has 4 aromatic carbocycles. The van der Waals surface area contributed by atoms with Crippen LogP contribution in [0.3, 0.4) is 0 Å². The predicted molar refractivity (Wildman–Crippen MR) is 344 cm³/mol. The van der Waals surface area contributed by atoms with Gasteiger partial charge in [-0.25, -0.2) is 18.8 Å². The molecule has 0 aliphatic heterocycles. The number of benzene rings is 4. The van der Waals surface area contributed by atoms with Gasteiger partial charge in [0.15, 0.2) is 0 Å². The number of carboxylic acids is 1. The van der Waals surface area contributed by atoms with Crippen molar-refractivity contribution in [3.63, 3.8) is 0 Å². The lowest BCUT2D eigenvalue weighted by atomic mass is 9.87. The van der Waals surface area contributed by atoms with Crippen LogP contribution in [0.25, 0.3) is 43.6 Å². The Balaban J connectivity index is 0.000000286. The second-order valence-electron chi connectivity index (χ2n) is 22.0. The fourth-order valence-corrected chi connectivity index (χ4v) is 11.0. The molecule has 0 aliphatic rings. The van der Waals surface area contributed by atoms with E-state index in [1.165, 1.54) is 81.5 Å². The highest BCUT2D eigenvalue weighted by Gasteiger charge is 2.21. The molecule has 4 aromatic heterocycles. The molecular formula is C70H93FN6O7. The number of nitrogens with one attached hydrogen (secondary N) is 1. The molecule has 4 heterocycles. The molecule has 1 amide bonds. The fraction of sp³-hybridized carbons (Fsp3) is 0.429. The number of carbonyl (C=O) groups excluding carboxylic acids is 3. The lowest BCUT2D eigenvalue weighted by Gasteiger charge is -2.19. The number of fused-ring (bicyclic) bond motifs is 4. The lowest BCUT2D eigenvalue weighted by molar-refractivity contribution is 0.0516. The molecule has 0 aliphatic carbocycles. The number of amides is 1. The third-order valence-corrected chi connectivity index (χ3v) is 15.4. The van der Waals surface area contributed by atoms with E-state index >= 15 is 0 Å². The van der Waals surface area contributed by atoms with Gasteiger partial charge in [-0.3, -0.25) is 24.7 Å². The molecule has 0 saturated carbocycles. The molecule has 0 bridgehead atoms. The number of hydrogen-bond acceptors (Lipinski definition) is 11. The van der Waals surface area contributed by atoms with Crippen LogP contribution >= 0.6 is 0 Å². The Hall–Kier alpha value is -7.71. The summed E-state index contributed by atoms with van der Waals surface area (Å²) in [4.78, 5) is 64.0. The van der Waals surface area contributed by atoms with Crippen LogP contribution in [0, 0.1) is 88.9 Å². The van der Waals surface area contributed by atoms with Gasteiger partial charge in [0.1, 0.15) is 5.82 Å². The first kappa shape index (κ1) is 70.6. The summed E-state index contributed by atoms with van der Waals surface area (Å²) in [5, 5.41) is 15.6. The average molecular weight is 1150 g/mol. The molecule has 4 N–H and O–H groups in total.